The lowest BCUT2D eigenvalue weighted by Crippen LogP contribution is -2.49. The van der Waals surface area contributed by atoms with Crippen molar-refractivity contribution in [1.82, 2.24) is 4.90 Å². The van der Waals surface area contributed by atoms with Crippen molar-refractivity contribution in [3.8, 4) is 0 Å². The van der Waals surface area contributed by atoms with E-state index in [4.69, 9.17) is 0 Å². The van der Waals surface area contributed by atoms with Gasteiger partial charge in [-0.1, -0.05) is 30.3 Å². The Hall–Kier alpha value is -2.14. The minimum absolute atomic E-state index is 0.126. The molecule has 5 heteroatoms. The number of carboxylic acids is 1. The Morgan fingerprint density at radius 3 is 2.62 bits per heavy atom. The summed E-state index contributed by atoms with van der Waals surface area (Å²) in [6.07, 6.45) is 0.644. The number of aliphatic carboxylic acids is 1. The summed E-state index contributed by atoms with van der Waals surface area (Å²) in [7, 11) is 0. The molecule has 1 aromatic heterocycles. The summed E-state index contributed by atoms with van der Waals surface area (Å²) >= 11 is 1.52. The van der Waals surface area contributed by atoms with Crippen LogP contribution in [-0.4, -0.2) is 27.9 Å². The summed E-state index contributed by atoms with van der Waals surface area (Å²) in [6.45, 7) is 0.372. The molecular formula is C16H15NO3S. The molecule has 1 N–H and O–H groups in total. The van der Waals surface area contributed by atoms with Crippen LogP contribution in [0.25, 0.3) is 0 Å². The second-order valence-electron chi connectivity index (χ2n) is 5.10. The van der Waals surface area contributed by atoms with E-state index >= 15 is 0 Å². The largest absolute Gasteiger partial charge is 0.480 e. The topological polar surface area (TPSA) is 57.6 Å². The first-order valence-corrected chi connectivity index (χ1v) is 7.64. The van der Waals surface area contributed by atoms with E-state index in [9.17, 15) is 14.7 Å². The van der Waals surface area contributed by atoms with E-state index in [0.717, 1.165) is 16.0 Å². The van der Waals surface area contributed by atoms with Crippen LogP contribution in [0.1, 0.15) is 16.0 Å². The van der Waals surface area contributed by atoms with Gasteiger partial charge < -0.3 is 10.0 Å². The lowest BCUT2D eigenvalue weighted by atomic mass is 9.93. The van der Waals surface area contributed by atoms with Gasteiger partial charge >= 0.3 is 5.97 Å². The van der Waals surface area contributed by atoms with E-state index in [1.54, 1.807) is 0 Å². The fourth-order valence-electron chi connectivity index (χ4n) is 2.67. The molecule has 0 fully saturated rings. The van der Waals surface area contributed by atoms with E-state index in [-0.39, 0.29) is 12.3 Å². The molecule has 1 atom stereocenters. The van der Waals surface area contributed by atoms with Crippen LogP contribution in [0.5, 0.6) is 0 Å². The second kappa shape index (κ2) is 5.69. The molecule has 0 saturated carbocycles. The van der Waals surface area contributed by atoms with Crippen LogP contribution in [0.4, 0.5) is 0 Å². The number of hydrogen-bond donors (Lipinski definition) is 1. The molecule has 2 heterocycles. The third-order valence-electron chi connectivity index (χ3n) is 3.76. The van der Waals surface area contributed by atoms with Crippen molar-refractivity contribution in [2.45, 2.75) is 25.4 Å². The van der Waals surface area contributed by atoms with Crippen molar-refractivity contribution in [2.75, 3.05) is 0 Å². The highest BCUT2D eigenvalue weighted by molar-refractivity contribution is 7.10. The smallest absolute Gasteiger partial charge is 0.326 e. The van der Waals surface area contributed by atoms with E-state index in [0.29, 0.717) is 13.0 Å². The van der Waals surface area contributed by atoms with Crippen LogP contribution < -0.4 is 0 Å². The van der Waals surface area contributed by atoms with Gasteiger partial charge in [-0.2, -0.15) is 0 Å². The van der Waals surface area contributed by atoms with Crippen LogP contribution >= 0.6 is 11.3 Å². The molecule has 0 bridgehead atoms. The summed E-state index contributed by atoms with van der Waals surface area (Å²) in [5.74, 6) is -1.07. The summed E-state index contributed by atoms with van der Waals surface area (Å²) in [5, 5.41) is 11.3. The van der Waals surface area contributed by atoms with Gasteiger partial charge in [-0.3, -0.25) is 4.79 Å². The molecule has 1 aliphatic rings. The third kappa shape index (κ3) is 2.83. The Morgan fingerprint density at radius 1 is 1.19 bits per heavy atom. The Labute approximate surface area is 126 Å². The standard InChI is InChI=1S/C16H15NO3S/c18-15(9-13-6-3-7-21-13)17-10-12-5-2-1-4-11(12)8-14(17)16(19)20/h1-7,14H,8-10H2,(H,19,20)/t14-/m1/s1. The van der Waals surface area contributed by atoms with Gasteiger partial charge in [-0.05, 0) is 22.6 Å². The lowest BCUT2D eigenvalue weighted by molar-refractivity contribution is -0.151. The number of carbonyl (C=O) groups is 2. The summed E-state index contributed by atoms with van der Waals surface area (Å²) < 4.78 is 0. The summed E-state index contributed by atoms with van der Waals surface area (Å²) in [6, 6.07) is 10.7. The van der Waals surface area contributed by atoms with E-state index in [1.165, 1.54) is 16.2 Å². The van der Waals surface area contributed by atoms with Gasteiger partial charge in [0, 0.05) is 17.8 Å². The summed E-state index contributed by atoms with van der Waals surface area (Å²) in [4.78, 5) is 26.4. The molecule has 2 aromatic rings. The average molecular weight is 301 g/mol. The van der Waals surface area contributed by atoms with Crippen molar-refractivity contribution in [1.29, 1.82) is 0 Å². The number of fused-ring (bicyclic) bond motifs is 1. The predicted octanol–water partition coefficient (Wildman–Crippen LogP) is 2.33. The highest BCUT2D eigenvalue weighted by atomic mass is 32.1. The quantitative estimate of drug-likeness (QED) is 0.946. The third-order valence-corrected chi connectivity index (χ3v) is 4.64. The normalized spacial score (nSPS) is 17.3. The Kier molecular flexibility index (Phi) is 3.75. The van der Waals surface area contributed by atoms with Crippen LogP contribution in [-0.2, 0) is 29.0 Å². The van der Waals surface area contributed by atoms with E-state index in [1.807, 2.05) is 41.8 Å². The van der Waals surface area contributed by atoms with Gasteiger partial charge in [0.25, 0.3) is 0 Å². The van der Waals surface area contributed by atoms with Crippen LogP contribution in [0.2, 0.25) is 0 Å². The molecule has 0 spiro atoms. The molecule has 0 radical (unpaired) electrons. The number of amides is 1. The molecule has 21 heavy (non-hydrogen) atoms. The second-order valence-corrected chi connectivity index (χ2v) is 6.14. The first-order valence-electron chi connectivity index (χ1n) is 6.76. The van der Waals surface area contributed by atoms with Gasteiger partial charge in [-0.25, -0.2) is 4.79 Å². The van der Waals surface area contributed by atoms with Gasteiger partial charge in [0.1, 0.15) is 6.04 Å². The number of hydrogen-bond acceptors (Lipinski definition) is 3. The molecule has 0 saturated heterocycles. The average Bonchev–Trinajstić information content (AvgIpc) is 2.98. The first kappa shape index (κ1) is 13.8. The zero-order valence-corrected chi connectivity index (χ0v) is 12.2. The maximum absolute atomic E-state index is 12.5. The van der Waals surface area contributed by atoms with Crippen LogP contribution in [0.3, 0.4) is 0 Å². The molecule has 108 valence electrons. The first-order chi connectivity index (χ1) is 10.1. The van der Waals surface area contributed by atoms with Gasteiger partial charge in [0.05, 0.1) is 6.42 Å². The van der Waals surface area contributed by atoms with Gasteiger partial charge in [-0.15, -0.1) is 11.3 Å². The van der Waals surface area contributed by atoms with Crippen molar-refractivity contribution in [2.24, 2.45) is 0 Å². The number of carboxylic acid groups (broad SMARTS) is 1. The van der Waals surface area contributed by atoms with Crippen molar-refractivity contribution in [3.05, 3.63) is 57.8 Å². The van der Waals surface area contributed by atoms with Gasteiger partial charge in [0.2, 0.25) is 5.91 Å². The maximum Gasteiger partial charge on any atom is 0.326 e. The molecule has 3 rings (SSSR count). The number of rotatable bonds is 3. The minimum Gasteiger partial charge on any atom is -0.480 e. The van der Waals surface area contributed by atoms with Gasteiger partial charge in [0.15, 0.2) is 0 Å². The Morgan fingerprint density at radius 2 is 1.95 bits per heavy atom. The number of carbonyl (C=O) groups excluding carboxylic acids is 1. The lowest BCUT2D eigenvalue weighted by Gasteiger charge is -2.34. The Balaban J connectivity index is 1.85. The highest BCUT2D eigenvalue weighted by Gasteiger charge is 2.34. The monoisotopic (exact) mass is 301 g/mol. The molecule has 4 nitrogen and oxygen atoms in total. The van der Waals surface area contributed by atoms with E-state index < -0.39 is 12.0 Å². The molecule has 1 aromatic carbocycles. The van der Waals surface area contributed by atoms with Crippen LogP contribution in [0, 0.1) is 0 Å². The zero-order chi connectivity index (χ0) is 14.8. The van der Waals surface area contributed by atoms with Crippen LogP contribution in [0.15, 0.2) is 41.8 Å². The zero-order valence-electron chi connectivity index (χ0n) is 11.4. The number of thiophene rings is 1. The maximum atomic E-state index is 12.5. The van der Waals surface area contributed by atoms with Crippen molar-refractivity contribution in [3.63, 3.8) is 0 Å². The molecule has 1 amide bonds. The number of benzene rings is 1. The molecule has 0 unspecified atom stereocenters. The Bertz CT molecular complexity index is 666. The molecule has 1 aliphatic heterocycles. The number of nitrogens with zero attached hydrogens (tertiary/aromatic N) is 1. The van der Waals surface area contributed by atoms with E-state index in [2.05, 4.69) is 0 Å². The fraction of sp³-hybridized carbons (Fsp3) is 0.250. The fourth-order valence-corrected chi connectivity index (χ4v) is 3.37. The minimum atomic E-state index is -0.941. The van der Waals surface area contributed by atoms with Crippen molar-refractivity contribution < 1.29 is 14.7 Å². The highest BCUT2D eigenvalue weighted by Crippen LogP contribution is 2.24. The SMILES string of the molecule is O=C(O)[C@H]1Cc2ccccc2CN1C(=O)Cc1cccs1. The predicted molar refractivity (Wildman–Crippen MR) is 80.1 cm³/mol. The van der Waals surface area contributed by atoms with Crippen molar-refractivity contribution >= 4 is 23.2 Å². The molecular weight excluding hydrogens is 286 g/mol. The summed E-state index contributed by atoms with van der Waals surface area (Å²) in [5.41, 5.74) is 2.06. The molecule has 0 aliphatic carbocycles.